The van der Waals surface area contributed by atoms with Gasteiger partial charge in [0.2, 0.25) is 0 Å². The Labute approximate surface area is 157 Å². The zero-order valence-electron chi connectivity index (χ0n) is 13.7. The summed E-state index contributed by atoms with van der Waals surface area (Å²) in [6, 6.07) is 15.0. The number of esters is 1. The zero-order valence-corrected chi connectivity index (χ0v) is 15.2. The van der Waals surface area contributed by atoms with Crippen molar-refractivity contribution < 1.29 is 9.53 Å². The van der Waals surface area contributed by atoms with Crippen LogP contribution in [0.15, 0.2) is 48.5 Å². The maximum atomic E-state index is 12.4. The van der Waals surface area contributed by atoms with Gasteiger partial charge in [-0.05, 0) is 55.1 Å². The van der Waals surface area contributed by atoms with Crippen molar-refractivity contribution in [2.75, 3.05) is 13.1 Å². The predicted molar refractivity (Wildman–Crippen MR) is 99.4 cm³/mol. The number of ether oxygens (including phenoxy) is 1. The highest BCUT2D eigenvalue weighted by molar-refractivity contribution is 6.42. The van der Waals surface area contributed by atoms with E-state index in [4.69, 9.17) is 27.9 Å². The molecule has 0 bridgehead atoms. The largest absolute Gasteiger partial charge is 0.459 e. The molecule has 1 saturated heterocycles. The highest BCUT2D eigenvalue weighted by atomic mass is 35.5. The van der Waals surface area contributed by atoms with Crippen molar-refractivity contribution in [2.45, 2.75) is 24.4 Å². The lowest BCUT2D eigenvalue weighted by molar-refractivity contribution is 0.0297. The minimum atomic E-state index is -0.247. The first-order valence-corrected chi connectivity index (χ1v) is 9.26. The fourth-order valence-corrected chi connectivity index (χ4v) is 4.61. The Hall–Kier alpha value is -1.55. The van der Waals surface area contributed by atoms with E-state index < -0.39 is 0 Å². The normalized spacial score (nSPS) is 27.9. The van der Waals surface area contributed by atoms with Gasteiger partial charge in [-0.15, -0.1) is 0 Å². The third-order valence-electron chi connectivity index (χ3n) is 5.53. The van der Waals surface area contributed by atoms with Gasteiger partial charge in [-0.1, -0.05) is 47.5 Å². The molecular formula is C20H19Cl2NO2. The van der Waals surface area contributed by atoms with Crippen molar-refractivity contribution in [3.05, 3.63) is 69.7 Å². The Morgan fingerprint density at radius 1 is 1.12 bits per heavy atom. The Morgan fingerprint density at radius 2 is 1.92 bits per heavy atom. The maximum absolute atomic E-state index is 12.4. The lowest BCUT2D eigenvalue weighted by Gasteiger charge is -2.29. The van der Waals surface area contributed by atoms with Crippen LogP contribution < -0.4 is 5.32 Å². The average molecular weight is 376 g/mol. The van der Waals surface area contributed by atoms with Crippen LogP contribution in [0.2, 0.25) is 10.0 Å². The van der Waals surface area contributed by atoms with Crippen molar-refractivity contribution in [3.8, 4) is 0 Å². The van der Waals surface area contributed by atoms with E-state index in [1.165, 1.54) is 5.56 Å². The molecule has 0 amide bonds. The number of benzene rings is 2. The molecule has 25 heavy (non-hydrogen) atoms. The van der Waals surface area contributed by atoms with Crippen LogP contribution >= 0.6 is 23.2 Å². The summed E-state index contributed by atoms with van der Waals surface area (Å²) in [4.78, 5) is 12.4. The molecule has 0 unspecified atom stereocenters. The number of hydrogen-bond acceptors (Lipinski definition) is 3. The van der Waals surface area contributed by atoms with Gasteiger partial charge in [0.1, 0.15) is 6.10 Å². The highest BCUT2D eigenvalue weighted by Gasteiger charge is 2.52. The van der Waals surface area contributed by atoms with Gasteiger partial charge in [0.25, 0.3) is 0 Å². The van der Waals surface area contributed by atoms with Gasteiger partial charge in [-0.3, -0.25) is 0 Å². The molecule has 0 radical (unpaired) electrons. The van der Waals surface area contributed by atoms with Crippen LogP contribution in [0.5, 0.6) is 0 Å². The predicted octanol–water partition coefficient (Wildman–Crippen LogP) is 4.47. The summed E-state index contributed by atoms with van der Waals surface area (Å²) in [5, 5.41) is 4.62. The van der Waals surface area contributed by atoms with Crippen LogP contribution in [-0.2, 0) is 10.2 Å². The fraction of sp³-hybridized carbons (Fsp3) is 0.350. The topological polar surface area (TPSA) is 38.3 Å². The second-order valence-electron chi connectivity index (χ2n) is 6.95. The number of carbonyl (C=O) groups excluding carboxylic acids is 1. The third kappa shape index (κ3) is 3.05. The molecular weight excluding hydrogens is 357 g/mol. The molecule has 1 aliphatic heterocycles. The Morgan fingerprint density at radius 3 is 2.68 bits per heavy atom. The molecule has 2 aliphatic rings. The van der Waals surface area contributed by atoms with Crippen LogP contribution in [-0.4, -0.2) is 25.2 Å². The minimum absolute atomic E-state index is 0.0458. The van der Waals surface area contributed by atoms with Crippen molar-refractivity contribution >= 4 is 29.2 Å². The van der Waals surface area contributed by atoms with Gasteiger partial charge in [-0.2, -0.15) is 0 Å². The molecule has 1 saturated carbocycles. The number of hydrogen-bond donors (Lipinski definition) is 1. The van der Waals surface area contributed by atoms with E-state index in [2.05, 4.69) is 11.4 Å². The summed E-state index contributed by atoms with van der Waals surface area (Å²) in [5.74, 6) is 0.182. The van der Waals surface area contributed by atoms with Gasteiger partial charge >= 0.3 is 5.97 Å². The van der Waals surface area contributed by atoms with E-state index in [1.54, 1.807) is 12.1 Å². The summed E-state index contributed by atoms with van der Waals surface area (Å²) in [5.41, 5.74) is 1.73. The molecule has 1 aliphatic carbocycles. The highest BCUT2D eigenvalue weighted by Crippen LogP contribution is 2.49. The molecule has 1 N–H and O–H groups in total. The smallest absolute Gasteiger partial charge is 0.338 e. The molecule has 1 heterocycles. The molecule has 3 atom stereocenters. The van der Waals surface area contributed by atoms with E-state index >= 15 is 0 Å². The van der Waals surface area contributed by atoms with Gasteiger partial charge in [0.15, 0.2) is 0 Å². The Kier molecular flexibility index (Phi) is 4.48. The molecule has 2 fully saturated rings. The summed E-state index contributed by atoms with van der Waals surface area (Å²) < 4.78 is 5.81. The second kappa shape index (κ2) is 6.64. The maximum Gasteiger partial charge on any atom is 0.338 e. The molecule has 0 spiro atoms. The van der Waals surface area contributed by atoms with E-state index in [1.807, 2.05) is 30.3 Å². The van der Waals surface area contributed by atoms with Crippen LogP contribution in [0.3, 0.4) is 0 Å². The number of nitrogens with one attached hydrogen (secondary N) is 1. The number of carbonyl (C=O) groups is 1. The standard InChI is InChI=1S/C20H19Cl2NO2/c21-17-7-6-14(9-18(17)22)20-10-16(8-15(20)11-23-12-20)25-19(24)13-4-2-1-3-5-13/h1-7,9,15-16,23H,8,10-12H2/t15-,16+,20+/m1/s1. The molecule has 3 nitrogen and oxygen atoms in total. The molecule has 4 rings (SSSR count). The fourth-order valence-electron chi connectivity index (χ4n) is 4.31. The van der Waals surface area contributed by atoms with E-state index in [-0.39, 0.29) is 17.5 Å². The number of fused-ring (bicyclic) bond motifs is 1. The van der Waals surface area contributed by atoms with E-state index in [0.29, 0.717) is 21.5 Å². The molecule has 0 aromatic heterocycles. The first kappa shape index (κ1) is 16.9. The van der Waals surface area contributed by atoms with Gasteiger partial charge in [0, 0.05) is 12.0 Å². The summed E-state index contributed by atoms with van der Waals surface area (Å²) in [6.45, 7) is 1.80. The van der Waals surface area contributed by atoms with Crippen molar-refractivity contribution in [3.63, 3.8) is 0 Å². The van der Waals surface area contributed by atoms with Gasteiger partial charge in [-0.25, -0.2) is 4.79 Å². The lowest BCUT2D eigenvalue weighted by Crippen LogP contribution is -2.32. The summed E-state index contributed by atoms with van der Waals surface area (Å²) >= 11 is 12.3. The molecule has 5 heteroatoms. The monoisotopic (exact) mass is 375 g/mol. The zero-order chi connectivity index (χ0) is 17.4. The Bertz CT molecular complexity index is 796. The lowest BCUT2D eigenvalue weighted by atomic mass is 9.74. The van der Waals surface area contributed by atoms with Crippen molar-refractivity contribution in [2.24, 2.45) is 5.92 Å². The van der Waals surface area contributed by atoms with Crippen molar-refractivity contribution in [1.29, 1.82) is 0 Å². The second-order valence-corrected chi connectivity index (χ2v) is 7.76. The van der Waals surface area contributed by atoms with Crippen LogP contribution in [0.4, 0.5) is 0 Å². The molecule has 2 aromatic rings. The average Bonchev–Trinajstić information content (AvgIpc) is 3.16. The van der Waals surface area contributed by atoms with E-state index in [9.17, 15) is 4.79 Å². The van der Waals surface area contributed by atoms with Crippen LogP contribution in [0.1, 0.15) is 28.8 Å². The van der Waals surface area contributed by atoms with E-state index in [0.717, 1.165) is 25.9 Å². The van der Waals surface area contributed by atoms with Crippen molar-refractivity contribution in [1.82, 2.24) is 5.32 Å². The molecule has 130 valence electrons. The summed E-state index contributed by atoms with van der Waals surface area (Å²) in [6.07, 6.45) is 1.60. The molecule has 2 aromatic carbocycles. The van der Waals surface area contributed by atoms with Gasteiger partial charge < -0.3 is 10.1 Å². The Balaban J connectivity index is 1.55. The first-order valence-electron chi connectivity index (χ1n) is 8.51. The number of rotatable bonds is 3. The minimum Gasteiger partial charge on any atom is -0.459 e. The number of halogens is 2. The van der Waals surface area contributed by atoms with Gasteiger partial charge in [0.05, 0.1) is 15.6 Å². The van der Waals surface area contributed by atoms with Crippen LogP contribution in [0.25, 0.3) is 0 Å². The summed E-state index contributed by atoms with van der Waals surface area (Å²) in [7, 11) is 0. The quantitative estimate of drug-likeness (QED) is 0.804. The first-order chi connectivity index (χ1) is 12.1. The van der Waals surface area contributed by atoms with Crippen LogP contribution in [0, 0.1) is 5.92 Å². The SMILES string of the molecule is O=C(O[C@H]1C[C@@H]2CNC[C@]2(c2ccc(Cl)c(Cl)c2)C1)c1ccccc1. The third-order valence-corrected chi connectivity index (χ3v) is 6.27.